The molecule has 0 bridgehead atoms. The van der Waals surface area contributed by atoms with Crippen LogP contribution in [0.15, 0.2) is 48.5 Å². The fraction of sp³-hybridized carbons (Fsp3) is 0.629. The molecule has 2 atom stereocenters. The van der Waals surface area contributed by atoms with Crippen molar-refractivity contribution < 1.29 is 19.0 Å². The predicted molar refractivity (Wildman–Crippen MR) is 163 cm³/mol. The summed E-state index contributed by atoms with van der Waals surface area (Å²) >= 11 is 0. The maximum absolute atomic E-state index is 12.9. The van der Waals surface area contributed by atoms with Gasteiger partial charge in [0.1, 0.15) is 0 Å². The van der Waals surface area contributed by atoms with E-state index in [4.69, 9.17) is 14.2 Å². The number of carbonyl (C=O) groups excluding carboxylic acids is 1. The molecule has 0 heterocycles. The van der Waals surface area contributed by atoms with E-state index in [0.717, 1.165) is 50.7 Å². The lowest BCUT2D eigenvalue weighted by molar-refractivity contribution is 0.0625. The van der Waals surface area contributed by atoms with Crippen molar-refractivity contribution in [2.45, 2.75) is 136 Å². The molecule has 0 N–H and O–H groups in total. The summed E-state index contributed by atoms with van der Waals surface area (Å²) in [7, 11) is 0. The second-order valence-electron chi connectivity index (χ2n) is 10.8. The first-order valence-corrected chi connectivity index (χ1v) is 15.8. The van der Waals surface area contributed by atoms with Gasteiger partial charge in [0.05, 0.1) is 17.8 Å². The number of para-hydroxylation sites is 2. The summed E-state index contributed by atoms with van der Waals surface area (Å²) in [6.07, 6.45) is 18.7. The number of esters is 1. The second-order valence-corrected chi connectivity index (χ2v) is 10.8. The lowest BCUT2D eigenvalue weighted by atomic mass is 10.1. The van der Waals surface area contributed by atoms with Gasteiger partial charge in [-0.15, -0.1) is 0 Å². The summed E-state index contributed by atoms with van der Waals surface area (Å²) in [6, 6.07) is 15.0. The van der Waals surface area contributed by atoms with Crippen molar-refractivity contribution in [3.05, 3.63) is 59.7 Å². The molecule has 2 unspecified atom stereocenters. The molecule has 0 radical (unpaired) electrons. The van der Waals surface area contributed by atoms with E-state index >= 15 is 0 Å². The van der Waals surface area contributed by atoms with Gasteiger partial charge in [-0.2, -0.15) is 0 Å². The van der Waals surface area contributed by atoms with Crippen LogP contribution < -0.4 is 9.47 Å². The topological polar surface area (TPSA) is 44.8 Å². The van der Waals surface area contributed by atoms with Crippen LogP contribution in [0.1, 0.15) is 146 Å². The van der Waals surface area contributed by atoms with E-state index in [2.05, 4.69) is 27.7 Å². The molecule has 39 heavy (non-hydrogen) atoms. The Morgan fingerprint density at radius 2 is 1.26 bits per heavy atom. The van der Waals surface area contributed by atoms with E-state index in [9.17, 15) is 4.79 Å². The Morgan fingerprint density at radius 1 is 0.667 bits per heavy atom. The van der Waals surface area contributed by atoms with Gasteiger partial charge < -0.3 is 14.2 Å². The lowest BCUT2D eigenvalue weighted by Gasteiger charge is -2.20. The lowest BCUT2D eigenvalue weighted by Crippen LogP contribution is -2.17. The van der Waals surface area contributed by atoms with Gasteiger partial charge in [0, 0.05) is 6.61 Å². The van der Waals surface area contributed by atoms with Crippen molar-refractivity contribution in [2.75, 3.05) is 6.61 Å². The van der Waals surface area contributed by atoms with E-state index in [1.165, 1.54) is 57.8 Å². The zero-order valence-corrected chi connectivity index (χ0v) is 25.2. The molecule has 0 fully saturated rings. The van der Waals surface area contributed by atoms with Crippen molar-refractivity contribution >= 4 is 5.97 Å². The minimum absolute atomic E-state index is 0.00128. The van der Waals surface area contributed by atoms with Crippen LogP contribution in [0.5, 0.6) is 11.5 Å². The van der Waals surface area contributed by atoms with Gasteiger partial charge in [0.2, 0.25) is 0 Å². The monoisotopic (exact) mass is 538 g/mol. The van der Waals surface area contributed by atoms with Crippen LogP contribution in [0.2, 0.25) is 0 Å². The minimum Gasteiger partial charge on any atom is -0.487 e. The molecule has 2 rings (SSSR count). The van der Waals surface area contributed by atoms with E-state index in [1.807, 2.05) is 42.5 Å². The van der Waals surface area contributed by atoms with E-state index < -0.39 is 0 Å². The van der Waals surface area contributed by atoms with Gasteiger partial charge in [-0.1, -0.05) is 122 Å². The van der Waals surface area contributed by atoms with Crippen molar-refractivity contribution in [1.29, 1.82) is 0 Å². The molecule has 0 saturated heterocycles. The first kappa shape index (κ1) is 32.9. The molecule has 0 aliphatic carbocycles. The summed E-state index contributed by atoms with van der Waals surface area (Å²) in [4.78, 5) is 12.9. The number of ether oxygens (including phenoxy) is 3. The molecule has 0 aliphatic rings. The SMILES string of the molecule is CCCCCCCCCCCCOC(C)c1ccc(C(=O)Oc2ccccc2OC(CCC)CCCC)cc1. The molecule has 0 spiro atoms. The summed E-state index contributed by atoms with van der Waals surface area (Å²) < 4.78 is 18.1. The largest absolute Gasteiger partial charge is 0.487 e. The van der Waals surface area contributed by atoms with Crippen LogP contribution in [-0.2, 0) is 4.74 Å². The molecule has 4 heteroatoms. The number of hydrogen-bond donors (Lipinski definition) is 0. The van der Waals surface area contributed by atoms with Gasteiger partial charge in [0.15, 0.2) is 11.5 Å². The number of benzene rings is 2. The molecule has 0 amide bonds. The molecule has 0 aliphatic heterocycles. The van der Waals surface area contributed by atoms with Gasteiger partial charge in [-0.05, 0) is 56.0 Å². The number of unbranched alkanes of at least 4 members (excludes halogenated alkanes) is 10. The Hall–Kier alpha value is -2.33. The molecule has 218 valence electrons. The Balaban J connectivity index is 1.76. The normalized spacial score (nSPS) is 12.7. The van der Waals surface area contributed by atoms with Crippen LogP contribution in [0.4, 0.5) is 0 Å². The standard InChI is InChI=1S/C35H54O4/c1-5-8-10-11-12-13-14-15-16-19-28-37-29(4)30-24-26-31(27-25-30)35(36)39-34-23-18-17-22-33(34)38-32(20-7-3)21-9-6-2/h17-18,22-27,29,32H,5-16,19-21,28H2,1-4H3. The van der Waals surface area contributed by atoms with Crippen LogP contribution in [-0.4, -0.2) is 18.7 Å². The Bertz CT molecular complexity index is 892. The number of hydrogen-bond acceptors (Lipinski definition) is 4. The highest BCUT2D eigenvalue weighted by Gasteiger charge is 2.16. The average molecular weight is 539 g/mol. The smallest absolute Gasteiger partial charge is 0.343 e. The van der Waals surface area contributed by atoms with Gasteiger partial charge >= 0.3 is 5.97 Å². The Kier molecular flexibility index (Phi) is 17.3. The second kappa shape index (κ2) is 20.6. The maximum atomic E-state index is 12.9. The third-order valence-corrected chi connectivity index (χ3v) is 7.32. The van der Waals surface area contributed by atoms with Crippen LogP contribution in [0.3, 0.4) is 0 Å². The summed E-state index contributed by atoms with van der Waals surface area (Å²) in [5.41, 5.74) is 1.59. The molecular formula is C35H54O4. The van der Waals surface area contributed by atoms with Gasteiger partial charge in [0.25, 0.3) is 0 Å². The molecule has 2 aromatic carbocycles. The Morgan fingerprint density at radius 3 is 1.87 bits per heavy atom. The highest BCUT2D eigenvalue weighted by molar-refractivity contribution is 5.91. The molecule has 0 aromatic heterocycles. The van der Waals surface area contributed by atoms with Crippen LogP contribution in [0.25, 0.3) is 0 Å². The average Bonchev–Trinajstić information content (AvgIpc) is 2.95. The molecular weight excluding hydrogens is 484 g/mol. The molecule has 2 aromatic rings. The van der Waals surface area contributed by atoms with Crippen molar-refractivity contribution in [2.24, 2.45) is 0 Å². The van der Waals surface area contributed by atoms with Crippen LogP contribution >= 0.6 is 0 Å². The van der Waals surface area contributed by atoms with E-state index in [-0.39, 0.29) is 18.2 Å². The highest BCUT2D eigenvalue weighted by atomic mass is 16.6. The fourth-order valence-electron chi connectivity index (χ4n) is 4.82. The maximum Gasteiger partial charge on any atom is 0.343 e. The first-order chi connectivity index (χ1) is 19.1. The predicted octanol–water partition coefficient (Wildman–Crippen LogP) is 10.6. The van der Waals surface area contributed by atoms with Gasteiger partial charge in [-0.25, -0.2) is 4.79 Å². The Labute approximate surface area is 238 Å². The van der Waals surface area contributed by atoms with Crippen molar-refractivity contribution in [3.8, 4) is 11.5 Å². The third kappa shape index (κ3) is 13.5. The zero-order chi connectivity index (χ0) is 28.1. The van der Waals surface area contributed by atoms with Gasteiger partial charge in [-0.3, -0.25) is 0 Å². The fourth-order valence-corrected chi connectivity index (χ4v) is 4.82. The summed E-state index contributed by atoms with van der Waals surface area (Å²) in [5.74, 6) is 0.723. The molecule has 0 saturated carbocycles. The summed E-state index contributed by atoms with van der Waals surface area (Å²) in [6.45, 7) is 9.47. The van der Waals surface area contributed by atoms with Crippen molar-refractivity contribution in [3.63, 3.8) is 0 Å². The third-order valence-electron chi connectivity index (χ3n) is 7.32. The molecule has 4 nitrogen and oxygen atoms in total. The van der Waals surface area contributed by atoms with Crippen LogP contribution in [0, 0.1) is 0 Å². The minimum atomic E-state index is -0.378. The highest BCUT2D eigenvalue weighted by Crippen LogP contribution is 2.30. The number of rotatable bonds is 22. The van der Waals surface area contributed by atoms with Crippen molar-refractivity contribution in [1.82, 2.24) is 0 Å². The quantitative estimate of drug-likeness (QED) is 0.0849. The zero-order valence-electron chi connectivity index (χ0n) is 25.2. The number of carbonyl (C=O) groups is 1. The van der Waals surface area contributed by atoms with E-state index in [0.29, 0.717) is 17.1 Å². The summed E-state index contributed by atoms with van der Waals surface area (Å²) in [5, 5.41) is 0. The van der Waals surface area contributed by atoms with E-state index in [1.54, 1.807) is 6.07 Å². The first-order valence-electron chi connectivity index (χ1n) is 15.8.